The molecule has 17 heavy (non-hydrogen) atoms. The summed E-state index contributed by atoms with van der Waals surface area (Å²) in [5.41, 5.74) is 2.36. The molecule has 0 spiro atoms. The van der Waals surface area contributed by atoms with Crippen LogP contribution in [0.15, 0.2) is 6.20 Å². The first-order chi connectivity index (χ1) is 8.33. The lowest BCUT2D eigenvalue weighted by atomic mass is 10.2. The molecule has 0 atom stereocenters. The molecule has 1 saturated heterocycles. The van der Waals surface area contributed by atoms with E-state index in [0.717, 1.165) is 37.3 Å². The molecule has 0 radical (unpaired) electrons. The van der Waals surface area contributed by atoms with Crippen LogP contribution in [0.1, 0.15) is 36.9 Å². The van der Waals surface area contributed by atoms with Gasteiger partial charge in [0.25, 0.3) is 0 Å². The largest absolute Gasteiger partial charge is 0.341 e. The molecule has 1 aromatic rings. The minimum Gasteiger partial charge on any atom is -0.341 e. The first kappa shape index (κ1) is 11.0. The monoisotopic (exact) mass is 232 g/mol. The summed E-state index contributed by atoms with van der Waals surface area (Å²) < 4.78 is 0. The summed E-state index contributed by atoms with van der Waals surface area (Å²) in [5, 5.41) is 3.51. The van der Waals surface area contributed by atoms with Crippen LogP contribution in [-0.4, -0.2) is 29.1 Å². The molecule has 4 heteroatoms. The highest BCUT2D eigenvalue weighted by atomic mass is 15.3. The Balaban J connectivity index is 1.68. The van der Waals surface area contributed by atoms with Gasteiger partial charge in [0.2, 0.25) is 5.95 Å². The van der Waals surface area contributed by atoms with Gasteiger partial charge in [0.15, 0.2) is 0 Å². The molecular formula is C13H20N4. The fourth-order valence-corrected chi connectivity index (χ4v) is 2.26. The summed E-state index contributed by atoms with van der Waals surface area (Å²) in [6.45, 7) is 5.22. The zero-order valence-corrected chi connectivity index (χ0v) is 10.4. The molecule has 3 rings (SSSR count). The summed E-state index contributed by atoms with van der Waals surface area (Å²) in [6.07, 6.45) is 7.18. The fraction of sp³-hybridized carbons (Fsp3) is 0.692. The zero-order chi connectivity index (χ0) is 11.7. The number of nitrogens with zero attached hydrogens (tertiary/aromatic N) is 3. The number of rotatable bonds is 4. The van der Waals surface area contributed by atoms with Crippen LogP contribution in [0, 0.1) is 6.92 Å². The summed E-state index contributed by atoms with van der Waals surface area (Å²) in [5.74, 6) is 0.912. The lowest BCUT2D eigenvalue weighted by Gasteiger charge is -2.16. The summed E-state index contributed by atoms with van der Waals surface area (Å²) >= 11 is 0. The number of nitrogens with one attached hydrogen (secondary N) is 1. The average molecular weight is 232 g/mol. The van der Waals surface area contributed by atoms with Crippen LogP contribution in [0.5, 0.6) is 0 Å². The highest BCUT2D eigenvalue weighted by Crippen LogP contribution is 2.20. The van der Waals surface area contributed by atoms with Crippen LogP contribution in [0.4, 0.5) is 5.95 Å². The van der Waals surface area contributed by atoms with Crippen molar-refractivity contribution in [3.63, 3.8) is 0 Å². The van der Waals surface area contributed by atoms with Gasteiger partial charge in [-0.3, -0.25) is 0 Å². The van der Waals surface area contributed by atoms with Crippen molar-refractivity contribution >= 4 is 5.95 Å². The maximum absolute atomic E-state index is 4.63. The van der Waals surface area contributed by atoms with Gasteiger partial charge in [-0.25, -0.2) is 9.97 Å². The fourth-order valence-electron chi connectivity index (χ4n) is 2.26. The quantitative estimate of drug-likeness (QED) is 0.857. The van der Waals surface area contributed by atoms with E-state index in [9.17, 15) is 0 Å². The van der Waals surface area contributed by atoms with Crippen LogP contribution >= 0.6 is 0 Å². The van der Waals surface area contributed by atoms with Crippen LogP contribution in [0.25, 0.3) is 0 Å². The average Bonchev–Trinajstić information content (AvgIpc) is 3.00. The Hall–Kier alpha value is -1.16. The number of anilines is 1. The lowest BCUT2D eigenvalue weighted by Crippen LogP contribution is -2.22. The minimum absolute atomic E-state index is 0.743. The Morgan fingerprint density at radius 2 is 2.12 bits per heavy atom. The minimum atomic E-state index is 0.743. The molecule has 4 nitrogen and oxygen atoms in total. The van der Waals surface area contributed by atoms with Crippen LogP contribution in [0.3, 0.4) is 0 Å². The molecule has 0 amide bonds. The molecule has 92 valence electrons. The molecule has 0 aromatic carbocycles. The summed E-state index contributed by atoms with van der Waals surface area (Å²) in [6, 6.07) is 0.743. The molecule has 1 aromatic heterocycles. The van der Waals surface area contributed by atoms with E-state index in [2.05, 4.69) is 27.1 Å². The van der Waals surface area contributed by atoms with Crippen molar-refractivity contribution in [1.82, 2.24) is 15.3 Å². The van der Waals surface area contributed by atoms with Gasteiger partial charge in [0.05, 0.1) is 0 Å². The SMILES string of the molecule is Cc1nc(N2CCCC2)ncc1CNC1CC1. The van der Waals surface area contributed by atoms with Crippen molar-refractivity contribution in [2.45, 2.75) is 45.2 Å². The van der Waals surface area contributed by atoms with E-state index in [0.29, 0.717) is 0 Å². The Morgan fingerprint density at radius 3 is 2.76 bits per heavy atom. The predicted octanol–water partition coefficient (Wildman–Crippen LogP) is 1.64. The Morgan fingerprint density at radius 1 is 1.35 bits per heavy atom. The van der Waals surface area contributed by atoms with Crippen LogP contribution in [-0.2, 0) is 6.54 Å². The zero-order valence-electron chi connectivity index (χ0n) is 10.4. The number of aryl methyl sites for hydroxylation is 1. The van der Waals surface area contributed by atoms with Crippen molar-refractivity contribution in [2.75, 3.05) is 18.0 Å². The van der Waals surface area contributed by atoms with Gasteiger partial charge >= 0.3 is 0 Å². The normalized spacial score (nSPS) is 19.9. The second-order valence-electron chi connectivity index (χ2n) is 5.13. The first-order valence-electron chi connectivity index (χ1n) is 6.64. The first-order valence-corrected chi connectivity index (χ1v) is 6.64. The van der Waals surface area contributed by atoms with E-state index in [1.165, 1.54) is 31.2 Å². The molecular weight excluding hydrogens is 212 g/mol. The van der Waals surface area contributed by atoms with Gasteiger partial charge < -0.3 is 10.2 Å². The van der Waals surface area contributed by atoms with Gasteiger partial charge in [0.1, 0.15) is 0 Å². The molecule has 1 saturated carbocycles. The highest BCUT2D eigenvalue weighted by molar-refractivity contribution is 5.33. The molecule has 1 N–H and O–H groups in total. The smallest absolute Gasteiger partial charge is 0.225 e. The van der Waals surface area contributed by atoms with Crippen molar-refractivity contribution in [3.05, 3.63) is 17.5 Å². The summed E-state index contributed by atoms with van der Waals surface area (Å²) in [4.78, 5) is 11.4. The second-order valence-corrected chi connectivity index (χ2v) is 5.13. The van der Waals surface area contributed by atoms with Crippen molar-refractivity contribution in [2.24, 2.45) is 0 Å². The van der Waals surface area contributed by atoms with Crippen molar-refractivity contribution in [3.8, 4) is 0 Å². The third-order valence-electron chi connectivity index (χ3n) is 3.62. The third-order valence-corrected chi connectivity index (χ3v) is 3.62. The Labute approximate surface area is 102 Å². The van der Waals surface area contributed by atoms with Gasteiger partial charge in [-0.15, -0.1) is 0 Å². The van der Waals surface area contributed by atoms with Gasteiger partial charge in [-0.2, -0.15) is 0 Å². The third kappa shape index (κ3) is 2.57. The Bertz CT molecular complexity index is 394. The van der Waals surface area contributed by atoms with Gasteiger partial charge in [-0.1, -0.05) is 0 Å². The van der Waals surface area contributed by atoms with Crippen molar-refractivity contribution < 1.29 is 0 Å². The molecule has 1 aliphatic heterocycles. The lowest BCUT2D eigenvalue weighted by molar-refractivity contribution is 0.678. The van der Waals surface area contributed by atoms with Gasteiger partial charge in [0, 0.05) is 43.1 Å². The molecule has 0 bridgehead atoms. The summed E-state index contributed by atoms with van der Waals surface area (Å²) in [7, 11) is 0. The van der Waals surface area contributed by atoms with Crippen LogP contribution in [0.2, 0.25) is 0 Å². The maximum atomic E-state index is 4.63. The number of hydrogen-bond donors (Lipinski definition) is 1. The van der Waals surface area contributed by atoms with E-state index in [1.807, 2.05) is 6.20 Å². The van der Waals surface area contributed by atoms with E-state index >= 15 is 0 Å². The standard InChI is InChI=1S/C13H20N4/c1-10-11(8-14-12-4-5-12)9-15-13(16-10)17-6-2-3-7-17/h9,12,14H,2-8H2,1H3. The molecule has 1 aliphatic carbocycles. The molecule has 2 aliphatic rings. The van der Waals surface area contributed by atoms with Crippen molar-refractivity contribution in [1.29, 1.82) is 0 Å². The van der Waals surface area contributed by atoms with E-state index in [1.54, 1.807) is 0 Å². The predicted molar refractivity (Wildman–Crippen MR) is 68.1 cm³/mol. The molecule has 0 unspecified atom stereocenters. The topological polar surface area (TPSA) is 41.1 Å². The number of aromatic nitrogens is 2. The van der Waals surface area contributed by atoms with Crippen LogP contribution < -0.4 is 10.2 Å². The number of hydrogen-bond acceptors (Lipinski definition) is 4. The van der Waals surface area contributed by atoms with E-state index in [-0.39, 0.29) is 0 Å². The maximum Gasteiger partial charge on any atom is 0.225 e. The van der Waals surface area contributed by atoms with E-state index < -0.39 is 0 Å². The van der Waals surface area contributed by atoms with Gasteiger partial charge in [-0.05, 0) is 32.6 Å². The highest BCUT2D eigenvalue weighted by Gasteiger charge is 2.21. The Kier molecular flexibility index (Phi) is 2.97. The van der Waals surface area contributed by atoms with E-state index in [4.69, 9.17) is 0 Å². The molecule has 2 fully saturated rings. The second kappa shape index (κ2) is 4.61. The molecule has 2 heterocycles.